The Morgan fingerprint density at radius 1 is 1.00 bits per heavy atom. The fourth-order valence-corrected chi connectivity index (χ4v) is 2.55. The number of Topliss-reactive ketones (excluding diaryl/α,β-unsaturated/α-hetero) is 1. The fraction of sp³-hybridized carbons (Fsp3) is 0.818. The zero-order valence-corrected chi connectivity index (χ0v) is 8.38. The molecule has 1 spiro atoms. The van der Waals surface area contributed by atoms with Gasteiger partial charge in [-0.2, -0.15) is 0 Å². The van der Waals surface area contributed by atoms with Crippen LogP contribution in [0.3, 0.4) is 0 Å². The molecule has 1 saturated heterocycles. The number of carbonyl (C=O) groups is 2. The molecule has 0 amide bonds. The molecule has 3 heteroatoms. The number of esters is 1. The average Bonchev–Trinajstić information content (AvgIpc) is 2.28. The topological polar surface area (TPSA) is 43.4 Å². The Hall–Kier alpha value is -0.860. The second kappa shape index (κ2) is 3.71. The van der Waals surface area contributed by atoms with E-state index in [-0.39, 0.29) is 18.2 Å². The Labute approximate surface area is 83.8 Å². The van der Waals surface area contributed by atoms with Crippen LogP contribution in [0.5, 0.6) is 0 Å². The van der Waals surface area contributed by atoms with Gasteiger partial charge in [-0.15, -0.1) is 0 Å². The molecular formula is C11H16O3. The van der Waals surface area contributed by atoms with E-state index in [1.165, 1.54) is 12.8 Å². The highest BCUT2D eigenvalue weighted by molar-refractivity contribution is 5.98. The molecule has 1 aliphatic carbocycles. The summed E-state index contributed by atoms with van der Waals surface area (Å²) < 4.78 is 5.41. The Morgan fingerprint density at radius 3 is 2.21 bits per heavy atom. The third-order valence-corrected chi connectivity index (χ3v) is 3.21. The predicted molar refractivity (Wildman–Crippen MR) is 50.8 cm³/mol. The summed E-state index contributed by atoms with van der Waals surface area (Å²) in [7, 11) is 0. The minimum atomic E-state index is -0.414. The maximum atomic E-state index is 11.4. The molecule has 14 heavy (non-hydrogen) atoms. The molecule has 78 valence electrons. The number of hydrogen-bond acceptors (Lipinski definition) is 3. The number of ether oxygens (including phenoxy) is 1. The lowest BCUT2D eigenvalue weighted by Crippen LogP contribution is -2.42. The summed E-state index contributed by atoms with van der Waals surface area (Å²) in [5.41, 5.74) is -0.414. The molecule has 3 nitrogen and oxygen atoms in total. The van der Waals surface area contributed by atoms with Gasteiger partial charge in [0.1, 0.15) is 17.8 Å². The second-order valence-corrected chi connectivity index (χ2v) is 4.46. The number of carbonyl (C=O) groups excluding carboxylic acids is 2. The van der Waals surface area contributed by atoms with Crippen molar-refractivity contribution >= 4 is 11.8 Å². The van der Waals surface area contributed by atoms with Crippen molar-refractivity contribution < 1.29 is 14.3 Å². The summed E-state index contributed by atoms with van der Waals surface area (Å²) in [5, 5.41) is 0. The van der Waals surface area contributed by atoms with Gasteiger partial charge < -0.3 is 4.74 Å². The van der Waals surface area contributed by atoms with E-state index in [2.05, 4.69) is 0 Å². The minimum Gasteiger partial charge on any atom is -0.458 e. The van der Waals surface area contributed by atoms with Gasteiger partial charge in [0.05, 0.1) is 0 Å². The summed E-state index contributed by atoms with van der Waals surface area (Å²) in [6.07, 6.45) is 6.78. The number of rotatable bonds is 0. The average molecular weight is 196 g/mol. The van der Waals surface area contributed by atoms with E-state index in [1.54, 1.807) is 0 Å². The molecule has 0 aromatic heterocycles. The van der Waals surface area contributed by atoms with Gasteiger partial charge >= 0.3 is 5.97 Å². The van der Waals surface area contributed by atoms with Gasteiger partial charge in [-0.25, -0.2) is 0 Å². The molecular weight excluding hydrogens is 180 g/mol. The molecule has 2 aliphatic rings. The van der Waals surface area contributed by atoms with Crippen LogP contribution in [0, 0.1) is 0 Å². The van der Waals surface area contributed by atoms with Gasteiger partial charge in [0.15, 0.2) is 0 Å². The van der Waals surface area contributed by atoms with Crippen LogP contribution in [0.4, 0.5) is 0 Å². The van der Waals surface area contributed by atoms with Crippen LogP contribution in [0.25, 0.3) is 0 Å². The van der Waals surface area contributed by atoms with Crippen molar-refractivity contribution in [2.24, 2.45) is 0 Å². The van der Waals surface area contributed by atoms with E-state index in [9.17, 15) is 9.59 Å². The molecule has 0 radical (unpaired) electrons. The molecule has 0 bridgehead atoms. The molecule has 0 N–H and O–H groups in total. The highest BCUT2D eigenvalue weighted by atomic mass is 16.6. The predicted octanol–water partition coefficient (Wildman–Crippen LogP) is 1.99. The van der Waals surface area contributed by atoms with Crippen LogP contribution < -0.4 is 0 Å². The van der Waals surface area contributed by atoms with E-state index in [0.717, 1.165) is 25.7 Å². The summed E-state index contributed by atoms with van der Waals surface area (Å²) >= 11 is 0. The van der Waals surface area contributed by atoms with Gasteiger partial charge in [-0.1, -0.05) is 12.8 Å². The van der Waals surface area contributed by atoms with E-state index in [4.69, 9.17) is 4.74 Å². The third-order valence-electron chi connectivity index (χ3n) is 3.21. The van der Waals surface area contributed by atoms with Crippen molar-refractivity contribution in [3.8, 4) is 0 Å². The molecule has 0 aromatic carbocycles. The standard InChI is InChI=1S/C11H16O3/c12-9-7-10(13)14-11(8-9)5-3-1-2-4-6-11/h1-8H2. The van der Waals surface area contributed by atoms with E-state index in [0.29, 0.717) is 6.42 Å². The smallest absolute Gasteiger partial charge is 0.313 e. The van der Waals surface area contributed by atoms with Gasteiger partial charge in [0.2, 0.25) is 0 Å². The first kappa shape index (κ1) is 9.69. The zero-order valence-electron chi connectivity index (χ0n) is 8.38. The summed E-state index contributed by atoms with van der Waals surface area (Å²) in [5.74, 6) is -0.258. The zero-order chi connectivity index (χ0) is 10.0. The first-order valence-electron chi connectivity index (χ1n) is 5.44. The molecule has 0 aromatic rings. The summed E-state index contributed by atoms with van der Waals surface area (Å²) in [6, 6.07) is 0. The summed E-state index contributed by atoms with van der Waals surface area (Å²) in [6.45, 7) is 0. The van der Waals surface area contributed by atoms with Crippen molar-refractivity contribution in [3.63, 3.8) is 0 Å². The minimum absolute atomic E-state index is 0.0122. The van der Waals surface area contributed by atoms with Gasteiger partial charge in [-0.05, 0) is 25.7 Å². The Balaban J connectivity index is 2.11. The maximum Gasteiger partial charge on any atom is 0.313 e. The highest BCUT2D eigenvalue weighted by Gasteiger charge is 2.41. The number of hydrogen-bond donors (Lipinski definition) is 0. The molecule has 2 rings (SSSR count). The maximum absolute atomic E-state index is 11.4. The largest absolute Gasteiger partial charge is 0.458 e. The van der Waals surface area contributed by atoms with Crippen molar-refractivity contribution in [2.45, 2.75) is 57.0 Å². The van der Waals surface area contributed by atoms with E-state index in [1.807, 2.05) is 0 Å². The van der Waals surface area contributed by atoms with Crippen LogP contribution in [0.2, 0.25) is 0 Å². The fourth-order valence-electron chi connectivity index (χ4n) is 2.55. The van der Waals surface area contributed by atoms with Crippen molar-refractivity contribution in [3.05, 3.63) is 0 Å². The summed E-state index contributed by atoms with van der Waals surface area (Å²) in [4.78, 5) is 22.6. The van der Waals surface area contributed by atoms with Crippen LogP contribution in [-0.2, 0) is 14.3 Å². The van der Waals surface area contributed by atoms with Crippen molar-refractivity contribution in [1.29, 1.82) is 0 Å². The molecule has 0 atom stereocenters. The molecule has 1 saturated carbocycles. The molecule has 2 fully saturated rings. The lowest BCUT2D eigenvalue weighted by molar-refractivity contribution is -0.171. The van der Waals surface area contributed by atoms with Crippen LogP contribution in [-0.4, -0.2) is 17.4 Å². The molecule has 1 aliphatic heterocycles. The normalized spacial score (nSPS) is 27.1. The highest BCUT2D eigenvalue weighted by Crippen LogP contribution is 2.36. The Kier molecular flexibility index (Phi) is 2.57. The Morgan fingerprint density at radius 2 is 1.64 bits per heavy atom. The quantitative estimate of drug-likeness (QED) is 0.439. The lowest BCUT2D eigenvalue weighted by atomic mass is 9.86. The van der Waals surface area contributed by atoms with E-state index < -0.39 is 5.60 Å². The van der Waals surface area contributed by atoms with Crippen LogP contribution in [0.1, 0.15) is 51.4 Å². The van der Waals surface area contributed by atoms with Crippen molar-refractivity contribution in [1.82, 2.24) is 0 Å². The lowest BCUT2D eigenvalue weighted by Gasteiger charge is -2.35. The van der Waals surface area contributed by atoms with Gasteiger partial charge in [0.25, 0.3) is 0 Å². The first-order valence-corrected chi connectivity index (χ1v) is 5.44. The van der Waals surface area contributed by atoms with Gasteiger partial charge in [-0.3, -0.25) is 9.59 Å². The Bertz CT molecular complexity index is 231. The molecule has 0 unspecified atom stereocenters. The number of ketones is 1. The second-order valence-electron chi connectivity index (χ2n) is 4.46. The molecule has 1 heterocycles. The van der Waals surface area contributed by atoms with Crippen molar-refractivity contribution in [2.75, 3.05) is 0 Å². The van der Waals surface area contributed by atoms with E-state index >= 15 is 0 Å². The monoisotopic (exact) mass is 196 g/mol. The van der Waals surface area contributed by atoms with Gasteiger partial charge in [0, 0.05) is 6.42 Å². The van der Waals surface area contributed by atoms with Crippen LogP contribution >= 0.6 is 0 Å². The first-order chi connectivity index (χ1) is 6.70. The third kappa shape index (κ3) is 1.97. The van der Waals surface area contributed by atoms with Crippen LogP contribution in [0.15, 0.2) is 0 Å². The SMILES string of the molecule is O=C1CC(=O)OC2(CCCCCC2)C1.